The molecule has 0 radical (unpaired) electrons. The van der Waals surface area contributed by atoms with Gasteiger partial charge in [-0.15, -0.1) is 6.58 Å². The summed E-state index contributed by atoms with van der Waals surface area (Å²) in [6.07, 6.45) is 10.1. The van der Waals surface area contributed by atoms with Gasteiger partial charge in [-0.05, 0) is 31.4 Å². The number of para-hydroxylation sites is 1. The second-order valence-corrected chi connectivity index (χ2v) is 6.20. The maximum absolute atomic E-state index is 10.2. The highest BCUT2D eigenvalue weighted by Gasteiger charge is 2.12. The molecular formula is C20H32O4. The van der Waals surface area contributed by atoms with Gasteiger partial charge in [0.2, 0.25) is 5.79 Å². The van der Waals surface area contributed by atoms with E-state index in [4.69, 9.17) is 9.84 Å². The van der Waals surface area contributed by atoms with Crippen LogP contribution in [0.3, 0.4) is 0 Å². The number of hydrogen-bond acceptors (Lipinski definition) is 3. The second kappa shape index (κ2) is 13.6. The molecule has 0 aliphatic rings. The van der Waals surface area contributed by atoms with Crippen molar-refractivity contribution in [3.63, 3.8) is 0 Å². The van der Waals surface area contributed by atoms with Crippen molar-refractivity contribution in [2.45, 2.75) is 71.0 Å². The van der Waals surface area contributed by atoms with Gasteiger partial charge in [0.15, 0.2) is 0 Å². The number of rotatable bonds is 11. The Labute approximate surface area is 146 Å². The maximum atomic E-state index is 10.2. The Bertz CT molecular complexity index is 435. The van der Waals surface area contributed by atoms with Crippen molar-refractivity contribution in [1.82, 2.24) is 0 Å². The number of benzene rings is 1. The van der Waals surface area contributed by atoms with Crippen LogP contribution in [0.2, 0.25) is 0 Å². The number of carbonyl (C=O) groups is 1. The zero-order valence-electron chi connectivity index (χ0n) is 15.0. The van der Waals surface area contributed by atoms with E-state index in [-0.39, 0.29) is 0 Å². The Morgan fingerprint density at radius 3 is 2.12 bits per heavy atom. The number of allylic oxidation sites excluding steroid dienone is 1. The Morgan fingerprint density at radius 1 is 1.08 bits per heavy atom. The largest absolute Gasteiger partial charge is 0.481 e. The molecule has 24 heavy (non-hydrogen) atoms. The molecule has 0 unspecified atom stereocenters. The predicted octanol–water partition coefficient (Wildman–Crippen LogP) is 5.17. The Morgan fingerprint density at radius 2 is 1.62 bits per heavy atom. The van der Waals surface area contributed by atoms with Crippen LogP contribution in [0.15, 0.2) is 43.0 Å². The summed E-state index contributed by atoms with van der Waals surface area (Å²) in [6, 6.07) is 9.23. The molecule has 0 spiro atoms. The van der Waals surface area contributed by atoms with Gasteiger partial charge in [0.1, 0.15) is 5.75 Å². The Kier molecular flexibility index (Phi) is 12.6. The molecule has 0 saturated carbocycles. The third-order valence-corrected chi connectivity index (χ3v) is 3.16. The summed E-state index contributed by atoms with van der Waals surface area (Å²) in [5.41, 5.74) is 0. The smallest absolute Gasteiger partial charge is 0.303 e. The summed E-state index contributed by atoms with van der Waals surface area (Å²) in [4.78, 5) is 10.2. The molecule has 1 aromatic carbocycles. The van der Waals surface area contributed by atoms with E-state index in [1.807, 2.05) is 24.3 Å². The van der Waals surface area contributed by atoms with Crippen molar-refractivity contribution in [1.29, 1.82) is 0 Å². The van der Waals surface area contributed by atoms with Gasteiger partial charge in [-0.25, -0.2) is 0 Å². The van der Waals surface area contributed by atoms with Crippen molar-refractivity contribution in [3.8, 4) is 5.75 Å². The standard InChI is InChI=1S/C11H20O2.C9H12O2/c1-2-3-4-5-6-7-8-9-10-11(12)13;1-9(2,10)11-8-6-4-3-5-7-8/h2H,1,3-10H2,(H,12,13);3-7,10H,1-2H3. The summed E-state index contributed by atoms with van der Waals surface area (Å²) in [5, 5.41) is 17.6. The maximum Gasteiger partial charge on any atom is 0.303 e. The van der Waals surface area contributed by atoms with Crippen LogP contribution in [0, 0.1) is 0 Å². The first-order valence-electron chi connectivity index (χ1n) is 8.64. The molecule has 0 saturated heterocycles. The fourth-order valence-corrected chi connectivity index (χ4v) is 2.05. The summed E-state index contributed by atoms with van der Waals surface area (Å²) in [7, 11) is 0. The normalized spacial score (nSPS) is 10.5. The fourth-order valence-electron chi connectivity index (χ4n) is 2.05. The Balaban J connectivity index is 0.000000446. The van der Waals surface area contributed by atoms with Crippen LogP contribution >= 0.6 is 0 Å². The quantitative estimate of drug-likeness (QED) is 0.332. The number of hydrogen-bond donors (Lipinski definition) is 2. The van der Waals surface area contributed by atoms with E-state index in [2.05, 4.69) is 6.58 Å². The molecule has 136 valence electrons. The Hall–Kier alpha value is -1.81. The van der Waals surface area contributed by atoms with Crippen LogP contribution < -0.4 is 4.74 Å². The molecule has 1 aromatic rings. The summed E-state index contributed by atoms with van der Waals surface area (Å²) >= 11 is 0. The number of unbranched alkanes of at least 4 members (excludes halogenated alkanes) is 6. The van der Waals surface area contributed by atoms with Gasteiger partial charge >= 0.3 is 5.97 Å². The number of aliphatic hydroxyl groups is 1. The van der Waals surface area contributed by atoms with E-state index in [9.17, 15) is 9.90 Å². The van der Waals surface area contributed by atoms with Gasteiger partial charge in [0, 0.05) is 20.3 Å². The molecule has 1 rings (SSSR count). The van der Waals surface area contributed by atoms with E-state index in [0.717, 1.165) is 19.3 Å². The number of carboxylic acids is 1. The monoisotopic (exact) mass is 336 g/mol. The molecule has 0 aliphatic heterocycles. The van der Waals surface area contributed by atoms with Crippen molar-refractivity contribution in [2.24, 2.45) is 0 Å². The van der Waals surface area contributed by atoms with Crippen LogP contribution in [0.5, 0.6) is 5.75 Å². The SMILES string of the molecule is C=CCCCCCCCCC(=O)O.CC(C)(O)Oc1ccccc1. The summed E-state index contributed by atoms with van der Waals surface area (Å²) in [5.74, 6) is -1.09. The first-order chi connectivity index (χ1) is 11.3. The fraction of sp³-hybridized carbons (Fsp3) is 0.550. The van der Waals surface area contributed by atoms with Crippen molar-refractivity contribution in [3.05, 3.63) is 43.0 Å². The minimum Gasteiger partial charge on any atom is -0.481 e. The summed E-state index contributed by atoms with van der Waals surface area (Å²) < 4.78 is 5.16. The van der Waals surface area contributed by atoms with E-state index in [1.165, 1.54) is 25.7 Å². The highest BCUT2D eigenvalue weighted by atomic mass is 16.6. The van der Waals surface area contributed by atoms with Gasteiger partial charge in [-0.2, -0.15) is 0 Å². The number of aliphatic carboxylic acids is 1. The molecule has 0 fully saturated rings. The molecule has 0 atom stereocenters. The minimum atomic E-state index is -1.10. The third kappa shape index (κ3) is 16.6. The molecule has 4 nitrogen and oxygen atoms in total. The van der Waals surface area contributed by atoms with Gasteiger partial charge in [-0.3, -0.25) is 4.79 Å². The molecule has 0 heterocycles. The molecular weight excluding hydrogens is 304 g/mol. The zero-order valence-corrected chi connectivity index (χ0v) is 15.0. The van der Waals surface area contributed by atoms with E-state index >= 15 is 0 Å². The van der Waals surface area contributed by atoms with E-state index in [0.29, 0.717) is 12.2 Å². The molecule has 0 aromatic heterocycles. The number of ether oxygens (including phenoxy) is 1. The van der Waals surface area contributed by atoms with Crippen LogP contribution in [0.25, 0.3) is 0 Å². The lowest BCUT2D eigenvalue weighted by atomic mass is 10.1. The average molecular weight is 336 g/mol. The van der Waals surface area contributed by atoms with Gasteiger partial charge in [0.25, 0.3) is 0 Å². The number of carboxylic acid groups (broad SMARTS) is 1. The van der Waals surface area contributed by atoms with E-state index in [1.54, 1.807) is 26.0 Å². The lowest BCUT2D eigenvalue weighted by Crippen LogP contribution is -2.26. The molecule has 4 heteroatoms. The third-order valence-electron chi connectivity index (χ3n) is 3.16. The molecule has 0 bridgehead atoms. The first-order valence-corrected chi connectivity index (χ1v) is 8.64. The zero-order chi connectivity index (χ0) is 18.3. The van der Waals surface area contributed by atoms with Gasteiger partial charge < -0.3 is 14.9 Å². The predicted molar refractivity (Wildman–Crippen MR) is 98.1 cm³/mol. The first kappa shape index (κ1) is 22.2. The molecule has 0 amide bonds. The van der Waals surface area contributed by atoms with Crippen molar-refractivity contribution >= 4 is 5.97 Å². The van der Waals surface area contributed by atoms with Crippen LogP contribution in [-0.2, 0) is 4.79 Å². The highest BCUT2D eigenvalue weighted by Crippen LogP contribution is 2.14. The van der Waals surface area contributed by atoms with Crippen molar-refractivity contribution in [2.75, 3.05) is 0 Å². The van der Waals surface area contributed by atoms with Crippen LogP contribution in [0.4, 0.5) is 0 Å². The molecule has 0 aliphatic carbocycles. The highest BCUT2D eigenvalue weighted by molar-refractivity contribution is 5.66. The lowest BCUT2D eigenvalue weighted by molar-refractivity contribution is -0.137. The van der Waals surface area contributed by atoms with Crippen LogP contribution in [-0.4, -0.2) is 22.0 Å². The van der Waals surface area contributed by atoms with Gasteiger partial charge in [-0.1, -0.05) is 50.0 Å². The van der Waals surface area contributed by atoms with E-state index < -0.39 is 11.8 Å². The van der Waals surface area contributed by atoms with Gasteiger partial charge in [0.05, 0.1) is 0 Å². The molecule has 2 N–H and O–H groups in total. The topological polar surface area (TPSA) is 66.8 Å². The van der Waals surface area contributed by atoms with Crippen molar-refractivity contribution < 1.29 is 19.7 Å². The lowest BCUT2D eigenvalue weighted by Gasteiger charge is -2.19. The average Bonchev–Trinajstić information content (AvgIpc) is 2.50. The minimum absolute atomic E-state index is 0.326. The second-order valence-electron chi connectivity index (χ2n) is 6.20. The van der Waals surface area contributed by atoms with Crippen LogP contribution in [0.1, 0.15) is 65.2 Å². The summed E-state index contributed by atoms with van der Waals surface area (Å²) in [6.45, 7) is 6.86.